The number of H-pyrrole nitrogens is 1. The number of rotatable bonds is 5. The maximum absolute atomic E-state index is 5.46. The molecule has 20 heavy (non-hydrogen) atoms. The molecule has 6 heteroatoms. The Kier molecular flexibility index (Phi) is 5.14. The Labute approximate surface area is 118 Å². The SMILES string of the molecule is Cc1[nH]ncc1CCCN=C(NN)Nc1ccccc1. The fourth-order valence-electron chi connectivity index (χ4n) is 1.87. The molecule has 0 spiro atoms. The fourth-order valence-corrected chi connectivity index (χ4v) is 1.87. The van der Waals surface area contributed by atoms with E-state index in [9.17, 15) is 0 Å². The van der Waals surface area contributed by atoms with Crippen molar-refractivity contribution in [2.75, 3.05) is 11.9 Å². The molecule has 0 unspecified atom stereocenters. The minimum absolute atomic E-state index is 0.570. The summed E-state index contributed by atoms with van der Waals surface area (Å²) in [5.41, 5.74) is 5.88. The number of aromatic amines is 1. The van der Waals surface area contributed by atoms with Gasteiger partial charge in [-0.25, -0.2) is 5.84 Å². The summed E-state index contributed by atoms with van der Waals surface area (Å²) < 4.78 is 0. The zero-order valence-corrected chi connectivity index (χ0v) is 11.6. The number of para-hydroxylation sites is 1. The van der Waals surface area contributed by atoms with E-state index in [0.717, 1.165) is 24.2 Å². The Morgan fingerprint density at radius 2 is 2.15 bits per heavy atom. The Bertz CT molecular complexity index is 546. The first-order chi connectivity index (χ1) is 9.79. The molecule has 1 aromatic carbocycles. The van der Waals surface area contributed by atoms with Gasteiger partial charge in [0, 0.05) is 17.9 Å². The van der Waals surface area contributed by atoms with E-state index < -0.39 is 0 Å². The lowest BCUT2D eigenvalue weighted by Gasteiger charge is -2.08. The van der Waals surface area contributed by atoms with Crippen LogP contribution in [0.5, 0.6) is 0 Å². The van der Waals surface area contributed by atoms with Crippen molar-refractivity contribution in [3.63, 3.8) is 0 Å². The molecule has 0 fully saturated rings. The van der Waals surface area contributed by atoms with Gasteiger partial charge in [-0.3, -0.25) is 15.5 Å². The standard InChI is InChI=1S/C14H20N6/c1-11-12(10-17-20-11)6-5-9-16-14(19-15)18-13-7-3-2-4-8-13/h2-4,7-8,10H,5-6,9,15H2,1H3,(H,17,20)(H2,16,18,19). The largest absolute Gasteiger partial charge is 0.325 e. The Balaban J connectivity index is 1.81. The number of hydrogen-bond donors (Lipinski definition) is 4. The highest BCUT2D eigenvalue weighted by Crippen LogP contribution is 2.06. The van der Waals surface area contributed by atoms with Crippen LogP contribution in [0.4, 0.5) is 5.69 Å². The van der Waals surface area contributed by atoms with Gasteiger partial charge in [0.2, 0.25) is 5.96 Å². The Morgan fingerprint density at radius 3 is 2.80 bits per heavy atom. The summed E-state index contributed by atoms with van der Waals surface area (Å²) in [5, 5.41) is 10.1. The number of guanidine groups is 1. The van der Waals surface area contributed by atoms with Crippen LogP contribution in [0.1, 0.15) is 17.7 Å². The number of hydrogen-bond acceptors (Lipinski definition) is 3. The van der Waals surface area contributed by atoms with Crippen molar-refractivity contribution in [2.24, 2.45) is 10.8 Å². The van der Waals surface area contributed by atoms with Crippen LogP contribution >= 0.6 is 0 Å². The molecule has 0 amide bonds. The van der Waals surface area contributed by atoms with Gasteiger partial charge in [0.1, 0.15) is 0 Å². The summed E-state index contributed by atoms with van der Waals surface area (Å²) in [4.78, 5) is 4.41. The highest BCUT2D eigenvalue weighted by atomic mass is 15.3. The number of hydrazine groups is 1. The molecule has 0 saturated carbocycles. The molecule has 0 aliphatic heterocycles. The third-order valence-electron chi connectivity index (χ3n) is 2.98. The van der Waals surface area contributed by atoms with Crippen molar-refractivity contribution < 1.29 is 0 Å². The fraction of sp³-hybridized carbons (Fsp3) is 0.286. The number of nitrogens with zero attached hydrogens (tertiary/aromatic N) is 2. The van der Waals surface area contributed by atoms with Crippen molar-refractivity contribution in [3.05, 3.63) is 47.8 Å². The quantitative estimate of drug-likeness (QED) is 0.219. The molecule has 0 bridgehead atoms. The van der Waals surface area contributed by atoms with Gasteiger partial charge in [-0.15, -0.1) is 0 Å². The minimum Gasteiger partial charge on any atom is -0.325 e. The molecule has 1 aromatic heterocycles. The molecule has 2 rings (SSSR count). The highest BCUT2D eigenvalue weighted by molar-refractivity contribution is 5.93. The van der Waals surface area contributed by atoms with Gasteiger partial charge in [0.15, 0.2) is 0 Å². The van der Waals surface area contributed by atoms with Crippen LogP contribution < -0.4 is 16.6 Å². The average Bonchev–Trinajstić information content (AvgIpc) is 2.89. The second kappa shape index (κ2) is 7.30. The van der Waals surface area contributed by atoms with Gasteiger partial charge in [0.25, 0.3) is 0 Å². The number of aryl methyl sites for hydroxylation is 2. The van der Waals surface area contributed by atoms with Crippen molar-refractivity contribution in [2.45, 2.75) is 19.8 Å². The molecule has 106 valence electrons. The maximum Gasteiger partial charge on any atom is 0.210 e. The van der Waals surface area contributed by atoms with Gasteiger partial charge >= 0.3 is 0 Å². The van der Waals surface area contributed by atoms with Crippen molar-refractivity contribution in [1.29, 1.82) is 0 Å². The van der Waals surface area contributed by atoms with Crippen molar-refractivity contribution in [3.8, 4) is 0 Å². The molecule has 6 nitrogen and oxygen atoms in total. The number of aromatic nitrogens is 2. The molecule has 2 aromatic rings. The molecule has 5 N–H and O–H groups in total. The normalized spacial score (nSPS) is 11.4. The van der Waals surface area contributed by atoms with E-state index in [2.05, 4.69) is 25.9 Å². The number of benzene rings is 1. The van der Waals surface area contributed by atoms with Crippen LogP contribution in [0, 0.1) is 6.92 Å². The van der Waals surface area contributed by atoms with Crippen LogP contribution in [0.15, 0.2) is 41.5 Å². The van der Waals surface area contributed by atoms with Crippen LogP contribution in [0.25, 0.3) is 0 Å². The van der Waals surface area contributed by atoms with Crippen LogP contribution in [-0.2, 0) is 6.42 Å². The van der Waals surface area contributed by atoms with Crippen LogP contribution in [0.3, 0.4) is 0 Å². The molecule has 0 atom stereocenters. The lowest BCUT2D eigenvalue weighted by atomic mass is 10.1. The monoisotopic (exact) mass is 272 g/mol. The Morgan fingerprint density at radius 1 is 1.35 bits per heavy atom. The molecule has 0 radical (unpaired) electrons. The first kappa shape index (κ1) is 14.1. The molecule has 0 saturated heterocycles. The first-order valence-electron chi connectivity index (χ1n) is 6.61. The molecule has 0 aliphatic rings. The van der Waals surface area contributed by atoms with E-state index in [-0.39, 0.29) is 0 Å². The zero-order valence-electron chi connectivity index (χ0n) is 11.6. The highest BCUT2D eigenvalue weighted by Gasteiger charge is 2.00. The third-order valence-corrected chi connectivity index (χ3v) is 2.98. The van der Waals surface area contributed by atoms with Gasteiger partial charge in [-0.1, -0.05) is 18.2 Å². The van der Waals surface area contributed by atoms with E-state index in [1.54, 1.807) is 0 Å². The Hall–Kier alpha value is -2.34. The lowest BCUT2D eigenvalue weighted by Crippen LogP contribution is -2.36. The topological polar surface area (TPSA) is 91.1 Å². The number of nitrogens with one attached hydrogen (secondary N) is 3. The molecule has 1 heterocycles. The maximum atomic E-state index is 5.46. The van der Waals surface area contributed by atoms with Gasteiger partial charge < -0.3 is 5.32 Å². The van der Waals surface area contributed by atoms with E-state index >= 15 is 0 Å². The van der Waals surface area contributed by atoms with Crippen molar-refractivity contribution in [1.82, 2.24) is 15.6 Å². The summed E-state index contributed by atoms with van der Waals surface area (Å²) in [6.07, 6.45) is 3.76. The summed E-state index contributed by atoms with van der Waals surface area (Å²) in [6.45, 7) is 2.72. The first-order valence-corrected chi connectivity index (χ1v) is 6.61. The zero-order chi connectivity index (χ0) is 14.2. The predicted molar refractivity (Wildman–Crippen MR) is 81.3 cm³/mol. The molecule has 0 aliphatic carbocycles. The second-order valence-electron chi connectivity index (χ2n) is 4.49. The van der Waals surface area contributed by atoms with E-state index in [1.165, 1.54) is 5.56 Å². The van der Waals surface area contributed by atoms with Gasteiger partial charge in [0.05, 0.1) is 6.20 Å². The lowest BCUT2D eigenvalue weighted by molar-refractivity contribution is 0.820. The number of nitrogens with two attached hydrogens (primary N) is 1. The molecular formula is C14H20N6. The predicted octanol–water partition coefficient (Wildman–Crippen LogP) is 1.58. The summed E-state index contributed by atoms with van der Waals surface area (Å²) in [6, 6.07) is 9.80. The smallest absolute Gasteiger partial charge is 0.210 e. The van der Waals surface area contributed by atoms with Crippen LogP contribution in [-0.4, -0.2) is 22.7 Å². The van der Waals surface area contributed by atoms with Gasteiger partial charge in [-0.2, -0.15) is 5.10 Å². The second-order valence-corrected chi connectivity index (χ2v) is 4.49. The van der Waals surface area contributed by atoms with E-state index in [4.69, 9.17) is 5.84 Å². The van der Waals surface area contributed by atoms with E-state index in [0.29, 0.717) is 12.5 Å². The third kappa shape index (κ3) is 4.10. The summed E-state index contributed by atoms with van der Waals surface area (Å²) in [7, 11) is 0. The minimum atomic E-state index is 0.570. The number of anilines is 1. The van der Waals surface area contributed by atoms with Crippen molar-refractivity contribution >= 4 is 11.6 Å². The van der Waals surface area contributed by atoms with E-state index in [1.807, 2.05) is 43.5 Å². The molecular weight excluding hydrogens is 252 g/mol. The van der Waals surface area contributed by atoms with Gasteiger partial charge in [-0.05, 0) is 37.5 Å². The average molecular weight is 272 g/mol. The van der Waals surface area contributed by atoms with Crippen LogP contribution in [0.2, 0.25) is 0 Å². The number of aliphatic imine (C=N–C) groups is 1. The summed E-state index contributed by atoms with van der Waals surface area (Å²) in [5.74, 6) is 6.03. The summed E-state index contributed by atoms with van der Waals surface area (Å²) >= 11 is 0.